The summed E-state index contributed by atoms with van der Waals surface area (Å²) in [6.45, 7) is 2.20. The predicted octanol–water partition coefficient (Wildman–Crippen LogP) is 5.17. The Morgan fingerprint density at radius 1 is 1.10 bits per heavy atom. The summed E-state index contributed by atoms with van der Waals surface area (Å²) in [5.74, 6) is -1.46. The van der Waals surface area contributed by atoms with Crippen LogP contribution in [0.1, 0.15) is 52.6 Å². The number of nitrogens with one attached hydrogen (secondary N) is 1. The molecule has 2 aromatic heterocycles. The summed E-state index contributed by atoms with van der Waals surface area (Å²) in [7, 11) is 0. The number of hydrogen-bond acceptors (Lipinski definition) is 6. The minimum absolute atomic E-state index is 0.00643. The van der Waals surface area contributed by atoms with Gasteiger partial charge in [-0.05, 0) is 55.0 Å². The molecular formula is C30H27F4N3O4. The van der Waals surface area contributed by atoms with Crippen molar-refractivity contribution in [3.63, 3.8) is 0 Å². The van der Waals surface area contributed by atoms with E-state index in [0.717, 1.165) is 23.9 Å². The van der Waals surface area contributed by atoms with Crippen molar-refractivity contribution in [3.8, 4) is 17.0 Å². The monoisotopic (exact) mass is 569 g/mol. The van der Waals surface area contributed by atoms with E-state index in [9.17, 15) is 32.6 Å². The molecule has 0 unspecified atom stereocenters. The highest BCUT2D eigenvalue weighted by molar-refractivity contribution is 5.99. The average molecular weight is 570 g/mol. The van der Waals surface area contributed by atoms with E-state index >= 15 is 0 Å². The van der Waals surface area contributed by atoms with Crippen molar-refractivity contribution in [2.24, 2.45) is 0 Å². The summed E-state index contributed by atoms with van der Waals surface area (Å²) in [6.07, 6.45) is -4.58. The zero-order valence-corrected chi connectivity index (χ0v) is 22.2. The number of aryl methyl sites for hydroxylation is 1. The Labute approximate surface area is 232 Å². The van der Waals surface area contributed by atoms with Crippen LogP contribution in [-0.2, 0) is 18.6 Å². The zero-order chi connectivity index (χ0) is 29.5. The fourth-order valence-electron chi connectivity index (χ4n) is 4.83. The molecule has 3 heterocycles. The van der Waals surface area contributed by atoms with Gasteiger partial charge in [0.2, 0.25) is 5.60 Å². The zero-order valence-electron chi connectivity index (χ0n) is 22.2. The van der Waals surface area contributed by atoms with Gasteiger partial charge in [0.1, 0.15) is 17.3 Å². The highest BCUT2D eigenvalue weighted by Gasteiger charge is 2.57. The van der Waals surface area contributed by atoms with Crippen molar-refractivity contribution in [2.45, 2.75) is 44.6 Å². The van der Waals surface area contributed by atoms with Crippen LogP contribution in [0.3, 0.4) is 0 Å². The normalized spacial score (nSPS) is 16.2. The van der Waals surface area contributed by atoms with Gasteiger partial charge in [0.25, 0.3) is 5.91 Å². The number of halogens is 4. The molecule has 0 saturated carbocycles. The van der Waals surface area contributed by atoms with Crippen LogP contribution in [0.25, 0.3) is 22.2 Å². The molecule has 2 aromatic carbocycles. The number of aliphatic hydroxyl groups is 2. The molecule has 0 radical (unpaired) electrons. The number of ether oxygens (including phenoxy) is 1. The second kappa shape index (κ2) is 10.7. The molecule has 7 nitrogen and oxygen atoms in total. The standard InChI is InChI=1S/C30H27F4N3O4/c1-3-22-9-6-18-10-19(11-20(13-38)25(18)36-22)28(39)35-15-29(40,30(32,33)34)24-12-23-16(2)14-41-27(23)26(37-24)17-4-7-21(31)8-5-17/h4-12,16,38,40H,3,13-15H2,1-2H3,(H,35,39)/t16-,29+/m1/s1. The molecule has 1 aliphatic rings. The lowest BCUT2D eigenvalue weighted by atomic mass is 9.92. The molecule has 0 fully saturated rings. The number of amides is 1. The molecule has 2 atom stereocenters. The number of fused-ring (bicyclic) bond motifs is 2. The molecule has 11 heteroatoms. The third kappa shape index (κ3) is 5.22. The van der Waals surface area contributed by atoms with Crippen molar-refractivity contribution in [1.82, 2.24) is 15.3 Å². The van der Waals surface area contributed by atoms with Crippen molar-refractivity contribution < 1.29 is 37.3 Å². The molecule has 5 rings (SSSR count). The number of aromatic nitrogens is 2. The Kier molecular flexibility index (Phi) is 7.43. The van der Waals surface area contributed by atoms with Gasteiger partial charge in [-0.15, -0.1) is 0 Å². The van der Waals surface area contributed by atoms with E-state index in [2.05, 4.69) is 15.3 Å². The summed E-state index contributed by atoms with van der Waals surface area (Å²) in [6, 6.07) is 12.4. The lowest BCUT2D eigenvalue weighted by Gasteiger charge is -2.31. The van der Waals surface area contributed by atoms with E-state index in [1.165, 1.54) is 24.3 Å². The predicted molar refractivity (Wildman–Crippen MR) is 143 cm³/mol. The van der Waals surface area contributed by atoms with Gasteiger partial charge in [-0.25, -0.2) is 9.37 Å². The van der Waals surface area contributed by atoms with Gasteiger partial charge >= 0.3 is 6.18 Å². The van der Waals surface area contributed by atoms with Crippen LogP contribution in [-0.4, -0.2) is 45.4 Å². The summed E-state index contributed by atoms with van der Waals surface area (Å²) >= 11 is 0. The first-order chi connectivity index (χ1) is 19.4. The Bertz CT molecular complexity index is 1630. The number of aliphatic hydroxyl groups excluding tert-OH is 1. The minimum atomic E-state index is -5.23. The number of pyridine rings is 2. The lowest BCUT2D eigenvalue weighted by molar-refractivity contribution is -0.265. The first-order valence-electron chi connectivity index (χ1n) is 13.0. The quantitative estimate of drug-likeness (QED) is 0.266. The molecule has 4 aromatic rings. The molecule has 0 aliphatic carbocycles. The number of rotatable bonds is 7. The van der Waals surface area contributed by atoms with Crippen LogP contribution < -0.4 is 10.1 Å². The molecule has 0 saturated heterocycles. The van der Waals surface area contributed by atoms with E-state index < -0.39 is 42.3 Å². The van der Waals surface area contributed by atoms with Crippen molar-refractivity contribution in [3.05, 3.63) is 88.5 Å². The minimum Gasteiger partial charge on any atom is -0.490 e. The second-order valence-corrected chi connectivity index (χ2v) is 10.1. The fraction of sp³-hybridized carbons (Fsp3) is 0.300. The van der Waals surface area contributed by atoms with Crippen molar-refractivity contribution in [1.29, 1.82) is 0 Å². The van der Waals surface area contributed by atoms with Gasteiger partial charge in [0.15, 0.2) is 0 Å². The molecule has 41 heavy (non-hydrogen) atoms. The molecule has 214 valence electrons. The van der Waals surface area contributed by atoms with Gasteiger partial charge in [-0.3, -0.25) is 9.78 Å². The second-order valence-electron chi connectivity index (χ2n) is 10.1. The SMILES string of the molecule is CCc1ccc2cc(C(=O)NC[C@](O)(c3cc4c(c(-c5ccc(F)cc5)n3)OC[C@H]4C)C(F)(F)F)cc(CO)c2n1. The third-order valence-corrected chi connectivity index (χ3v) is 7.25. The van der Waals surface area contributed by atoms with Gasteiger partial charge in [-0.2, -0.15) is 13.2 Å². The van der Waals surface area contributed by atoms with E-state index in [-0.39, 0.29) is 29.5 Å². The van der Waals surface area contributed by atoms with Crippen LogP contribution >= 0.6 is 0 Å². The van der Waals surface area contributed by atoms with Crippen LogP contribution in [0, 0.1) is 5.82 Å². The van der Waals surface area contributed by atoms with Crippen LogP contribution in [0.15, 0.2) is 54.6 Å². The first kappa shape index (κ1) is 28.4. The lowest BCUT2D eigenvalue weighted by Crippen LogP contribution is -2.51. The summed E-state index contributed by atoms with van der Waals surface area (Å²) < 4.78 is 62.8. The van der Waals surface area contributed by atoms with Gasteiger partial charge in [0, 0.05) is 39.3 Å². The maximum Gasteiger partial charge on any atom is 0.424 e. The van der Waals surface area contributed by atoms with Crippen LogP contribution in [0.5, 0.6) is 5.75 Å². The van der Waals surface area contributed by atoms with Crippen molar-refractivity contribution in [2.75, 3.05) is 13.2 Å². The largest absolute Gasteiger partial charge is 0.490 e. The van der Waals surface area contributed by atoms with Crippen LogP contribution in [0.4, 0.5) is 17.6 Å². The molecule has 1 aliphatic heterocycles. The topological polar surface area (TPSA) is 105 Å². The molecule has 3 N–H and O–H groups in total. The fourth-order valence-corrected chi connectivity index (χ4v) is 4.83. The van der Waals surface area contributed by atoms with E-state index in [4.69, 9.17) is 4.74 Å². The number of benzene rings is 2. The number of carbonyl (C=O) groups excluding carboxylic acids is 1. The third-order valence-electron chi connectivity index (χ3n) is 7.25. The number of alkyl halides is 3. The molecule has 1 amide bonds. The number of hydrogen-bond donors (Lipinski definition) is 3. The summed E-state index contributed by atoms with van der Waals surface area (Å²) in [5, 5.41) is 23.7. The maximum atomic E-state index is 14.5. The number of nitrogens with zero attached hydrogens (tertiary/aromatic N) is 2. The van der Waals surface area contributed by atoms with Gasteiger partial charge < -0.3 is 20.3 Å². The molecule has 0 spiro atoms. The van der Waals surface area contributed by atoms with E-state index in [0.29, 0.717) is 34.0 Å². The average Bonchev–Trinajstić information content (AvgIpc) is 3.34. The highest BCUT2D eigenvalue weighted by Crippen LogP contribution is 2.45. The Hall–Kier alpha value is -4.09. The van der Waals surface area contributed by atoms with Crippen LogP contribution in [0.2, 0.25) is 0 Å². The summed E-state index contributed by atoms with van der Waals surface area (Å²) in [5.41, 5.74) is -1.96. The van der Waals surface area contributed by atoms with E-state index in [1.54, 1.807) is 19.1 Å². The Morgan fingerprint density at radius 2 is 1.83 bits per heavy atom. The smallest absolute Gasteiger partial charge is 0.424 e. The maximum absolute atomic E-state index is 14.5. The highest BCUT2D eigenvalue weighted by atomic mass is 19.4. The van der Waals surface area contributed by atoms with E-state index in [1.807, 2.05) is 6.92 Å². The van der Waals surface area contributed by atoms with Gasteiger partial charge in [0.05, 0.1) is 31.0 Å². The number of carbonyl (C=O) groups is 1. The Morgan fingerprint density at radius 3 is 2.49 bits per heavy atom. The summed E-state index contributed by atoms with van der Waals surface area (Å²) in [4.78, 5) is 21.7. The van der Waals surface area contributed by atoms with Gasteiger partial charge in [-0.1, -0.05) is 19.9 Å². The molecular weight excluding hydrogens is 542 g/mol. The first-order valence-corrected chi connectivity index (χ1v) is 13.0. The molecule has 0 bridgehead atoms. The Balaban J connectivity index is 1.52. The van der Waals surface area contributed by atoms with Crippen molar-refractivity contribution >= 4 is 16.8 Å².